The van der Waals surface area contributed by atoms with Crippen molar-refractivity contribution in [2.45, 2.75) is 26.2 Å². The minimum atomic E-state index is 0.293. The second-order valence-corrected chi connectivity index (χ2v) is 5.52. The molecule has 4 heteroatoms. The van der Waals surface area contributed by atoms with Gasteiger partial charge in [0.2, 0.25) is 0 Å². The Morgan fingerprint density at radius 1 is 1.59 bits per heavy atom. The van der Waals surface area contributed by atoms with Crippen molar-refractivity contribution in [2.24, 2.45) is 5.92 Å². The van der Waals surface area contributed by atoms with Crippen LogP contribution in [0, 0.1) is 12.8 Å². The van der Waals surface area contributed by atoms with E-state index in [9.17, 15) is 0 Å². The second kappa shape index (κ2) is 5.83. The SMILES string of the molecule is Cc1ccnc(N2CCCC(CCO)C2)c1Br. The van der Waals surface area contributed by atoms with E-state index in [-0.39, 0.29) is 0 Å². The molecule has 0 radical (unpaired) electrons. The Morgan fingerprint density at radius 3 is 3.18 bits per heavy atom. The van der Waals surface area contributed by atoms with Crippen molar-refractivity contribution in [3.63, 3.8) is 0 Å². The van der Waals surface area contributed by atoms with E-state index in [1.54, 1.807) is 0 Å². The lowest BCUT2D eigenvalue weighted by molar-refractivity contribution is 0.244. The fourth-order valence-electron chi connectivity index (χ4n) is 2.42. The van der Waals surface area contributed by atoms with Crippen LogP contribution in [-0.2, 0) is 0 Å². The summed E-state index contributed by atoms with van der Waals surface area (Å²) in [4.78, 5) is 6.81. The molecule has 1 unspecified atom stereocenters. The average Bonchev–Trinajstić information content (AvgIpc) is 2.33. The molecule has 1 saturated heterocycles. The summed E-state index contributed by atoms with van der Waals surface area (Å²) in [6.07, 6.45) is 5.18. The van der Waals surface area contributed by atoms with E-state index in [1.165, 1.54) is 18.4 Å². The van der Waals surface area contributed by atoms with Gasteiger partial charge in [0, 0.05) is 25.9 Å². The van der Waals surface area contributed by atoms with Crippen molar-refractivity contribution < 1.29 is 5.11 Å². The number of pyridine rings is 1. The lowest BCUT2D eigenvalue weighted by Gasteiger charge is -2.34. The third kappa shape index (κ3) is 2.99. The normalized spacial score (nSPS) is 20.6. The van der Waals surface area contributed by atoms with Gasteiger partial charge in [0.1, 0.15) is 5.82 Å². The van der Waals surface area contributed by atoms with E-state index in [2.05, 4.69) is 32.7 Å². The number of aromatic nitrogens is 1. The standard InChI is InChI=1S/C13H19BrN2O/c1-10-4-6-15-13(12(10)14)16-7-2-3-11(9-16)5-8-17/h4,6,11,17H,2-3,5,7-9H2,1H3. The molecule has 0 amide bonds. The first-order valence-corrected chi connectivity index (χ1v) is 6.98. The highest BCUT2D eigenvalue weighted by Crippen LogP contribution is 2.30. The van der Waals surface area contributed by atoms with Gasteiger partial charge < -0.3 is 10.0 Å². The summed E-state index contributed by atoms with van der Waals surface area (Å²) in [5, 5.41) is 9.03. The maximum absolute atomic E-state index is 9.03. The number of aliphatic hydroxyl groups excluding tert-OH is 1. The van der Waals surface area contributed by atoms with Gasteiger partial charge in [0.15, 0.2) is 0 Å². The van der Waals surface area contributed by atoms with Crippen LogP contribution in [0.15, 0.2) is 16.7 Å². The lowest BCUT2D eigenvalue weighted by Crippen LogP contribution is -2.36. The van der Waals surface area contributed by atoms with Crippen LogP contribution in [0.25, 0.3) is 0 Å². The quantitative estimate of drug-likeness (QED) is 0.932. The molecule has 1 aromatic heterocycles. The van der Waals surface area contributed by atoms with Crippen LogP contribution in [0.4, 0.5) is 5.82 Å². The minimum Gasteiger partial charge on any atom is -0.396 e. The highest BCUT2D eigenvalue weighted by atomic mass is 79.9. The Labute approximate surface area is 111 Å². The molecule has 1 atom stereocenters. The number of hydrogen-bond acceptors (Lipinski definition) is 3. The maximum atomic E-state index is 9.03. The van der Waals surface area contributed by atoms with Gasteiger partial charge in [-0.2, -0.15) is 0 Å². The van der Waals surface area contributed by atoms with Crippen LogP contribution in [-0.4, -0.2) is 29.8 Å². The van der Waals surface area contributed by atoms with Crippen molar-refractivity contribution in [2.75, 3.05) is 24.6 Å². The summed E-state index contributed by atoms with van der Waals surface area (Å²) in [7, 11) is 0. The molecule has 94 valence electrons. The number of nitrogens with zero attached hydrogens (tertiary/aromatic N) is 2. The number of halogens is 1. The summed E-state index contributed by atoms with van der Waals surface area (Å²) in [6, 6.07) is 2.02. The van der Waals surface area contributed by atoms with Crippen molar-refractivity contribution in [1.82, 2.24) is 4.98 Å². The molecule has 0 bridgehead atoms. The lowest BCUT2D eigenvalue weighted by atomic mass is 9.95. The van der Waals surface area contributed by atoms with E-state index in [1.807, 2.05) is 12.3 Å². The molecule has 0 aromatic carbocycles. The summed E-state index contributed by atoms with van der Waals surface area (Å²) in [5.74, 6) is 1.65. The first kappa shape index (κ1) is 12.8. The zero-order chi connectivity index (χ0) is 12.3. The van der Waals surface area contributed by atoms with Gasteiger partial charge in [-0.3, -0.25) is 0 Å². The minimum absolute atomic E-state index is 0.293. The van der Waals surface area contributed by atoms with Gasteiger partial charge in [-0.25, -0.2) is 4.98 Å². The predicted molar refractivity (Wildman–Crippen MR) is 73.3 cm³/mol. The zero-order valence-corrected chi connectivity index (χ0v) is 11.8. The van der Waals surface area contributed by atoms with Gasteiger partial charge in [0.05, 0.1) is 4.47 Å². The number of anilines is 1. The van der Waals surface area contributed by atoms with Crippen LogP contribution < -0.4 is 4.90 Å². The molecule has 1 aliphatic rings. The number of aliphatic hydroxyl groups is 1. The van der Waals surface area contributed by atoms with Crippen LogP contribution in [0.3, 0.4) is 0 Å². The van der Waals surface area contributed by atoms with Crippen LogP contribution in [0.2, 0.25) is 0 Å². The van der Waals surface area contributed by atoms with Crippen molar-refractivity contribution >= 4 is 21.7 Å². The van der Waals surface area contributed by atoms with Crippen molar-refractivity contribution in [3.8, 4) is 0 Å². The average molecular weight is 299 g/mol. The number of piperidine rings is 1. The van der Waals surface area contributed by atoms with Gasteiger partial charge in [-0.05, 0) is 59.7 Å². The maximum Gasteiger partial charge on any atom is 0.143 e. The Kier molecular flexibility index (Phi) is 4.40. The molecule has 0 spiro atoms. The smallest absolute Gasteiger partial charge is 0.143 e. The molecule has 0 saturated carbocycles. The third-order valence-corrected chi connectivity index (χ3v) is 4.40. The third-order valence-electron chi connectivity index (χ3n) is 3.42. The molecule has 2 rings (SSSR count). The topological polar surface area (TPSA) is 36.4 Å². The predicted octanol–water partition coefficient (Wildman–Crippen LogP) is 2.75. The van der Waals surface area contributed by atoms with Gasteiger partial charge in [-0.1, -0.05) is 0 Å². The van der Waals surface area contributed by atoms with E-state index < -0.39 is 0 Å². The number of hydrogen-bond donors (Lipinski definition) is 1. The van der Waals surface area contributed by atoms with Crippen molar-refractivity contribution in [1.29, 1.82) is 0 Å². The van der Waals surface area contributed by atoms with Crippen molar-refractivity contribution in [3.05, 3.63) is 22.3 Å². The molecule has 0 aliphatic carbocycles. The molecule has 1 fully saturated rings. The van der Waals surface area contributed by atoms with E-state index in [0.717, 1.165) is 29.8 Å². The van der Waals surface area contributed by atoms with Gasteiger partial charge in [0.25, 0.3) is 0 Å². The Balaban J connectivity index is 2.13. The van der Waals surface area contributed by atoms with Crippen LogP contribution in [0.5, 0.6) is 0 Å². The molecule has 1 aliphatic heterocycles. The molecule has 2 heterocycles. The van der Waals surface area contributed by atoms with E-state index >= 15 is 0 Å². The summed E-state index contributed by atoms with van der Waals surface area (Å²) in [5.41, 5.74) is 1.22. The first-order chi connectivity index (χ1) is 8.22. The highest BCUT2D eigenvalue weighted by Gasteiger charge is 2.22. The summed E-state index contributed by atoms with van der Waals surface area (Å²) in [6.45, 7) is 4.46. The van der Waals surface area contributed by atoms with Gasteiger partial charge >= 0.3 is 0 Å². The molecular formula is C13H19BrN2O. The second-order valence-electron chi connectivity index (χ2n) is 4.73. The number of rotatable bonds is 3. The fourth-order valence-corrected chi connectivity index (χ4v) is 2.91. The fraction of sp³-hybridized carbons (Fsp3) is 0.615. The van der Waals surface area contributed by atoms with E-state index in [4.69, 9.17) is 5.11 Å². The molecular weight excluding hydrogens is 280 g/mol. The Morgan fingerprint density at radius 2 is 2.41 bits per heavy atom. The van der Waals surface area contributed by atoms with Crippen LogP contribution >= 0.6 is 15.9 Å². The monoisotopic (exact) mass is 298 g/mol. The Hall–Kier alpha value is -0.610. The zero-order valence-electron chi connectivity index (χ0n) is 10.2. The molecule has 1 N–H and O–H groups in total. The van der Waals surface area contributed by atoms with Crippen LogP contribution in [0.1, 0.15) is 24.8 Å². The number of aryl methyl sites for hydroxylation is 1. The summed E-state index contributed by atoms with van der Waals surface area (Å²) >= 11 is 3.62. The largest absolute Gasteiger partial charge is 0.396 e. The Bertz CT molecular complexity index is 382. The molecule has 17 heavy (non-hydrogen) atoms. The molecule has 1 aromatic rings. The van der Waals surface area contributed by atoms with E-state index in [0.29, 0.717) is 12.5 Å². The van der Waals surface area contributed by atoms with Gasteiger partial charge in [-0.15, -0.1) is 0 Å². The highest BCUT2D eigenvalue weighted by molar-refractivity contribution is 9.10. The summed E-state index contributed by atoms with van der Waals surface area (Å²) < 4.78 is 1.10. The first-order valence-electron chi connectivity index (χ1n) is 6.19. The molecule has 3 nitrogen and oxygen atoms in total.